The molecule has 21 heavy (non-hydrogen) atoms. The van der Waals surface area contributed by atoms with Crippen LogP contribution in [0.2, 0.25) is 0 Å². The molecule has 2 aromatic carbocycles. The third-order valence-electron chi connectivity index (χ3n) is 2.85. The average molecular weight is 301 g/mol. The normalized spacial score (nSPS) is 10.5. The van der Waals surface area contributed by atoms with Crippen LogP contribution in [-0.2, 0) is 0 Å². The average Bonchev–Trinajstić information content (AvgIpc) is 2.48. The fourth-order valence-electron chi connectivity index (χ4n) is 1.74. The molecule has 110 valence electrons. The van der Waals surface area contributed by atoms with Crippen LogP contribution < -0.4 is 10.1 Å². The number of carbonyl (C=O) groups excluding carboxylic acids is 1. The lowest BCUT2D eigenvalue weighted by Crippen LogP contribution is -2.12. The van der Waals surface area contributed by atoms with E-state index in [1.807, 2.05) is 36.4 Å². The number of rotatable bonds is 5. The summed E-state index contributed by atoms with van der Waals surface area (Å²) < 4.78 is 5.60. The highest BCUT2D eigenvalue weighted by Crippen LogP contribution is 2.20. The number of thiol groups is 1. The van der Waals surface area contributed by atoms with E-state index >= 15 is 0 Å². The molecular formula is C17H19NO2S. The molecule has 2 aromatic rings. The third kappa shape index (κ3) is 4.53. The predicted octanol–water partition coefficient (Wildman–Crippen LogP) is 4.26. The smallest absolute Gasteiger partial charge is 0.255 e. The summed E-state index contributed by atoms with van der Waals surface area (Å²) >= 11 is 4.31. The summed E-state index contributed by atoms with van der Waals surface area (Å²) in [5, 5.41) is 2.84. The van der Waals surface area contributed by atoms with Crippen LogP contribution in [0.5, 0.6) is 5.75 Å². The second kappa shape index (κ2) is 7.18. The minimum Gasteiger partial charge on any atom is -0.493 e. The van der Waals surface area contributed by atoms with Gasteiger partial charge in [-0.25, -0.2) is 0 Å². The molecule has 0 heterocycles. The van der Waals surface area contributed by atoms with Gasteiger partial charge in [0.05, 0.1) is 12.3 Å². The monoisotopic (exact) mass is 301 g/mol. The van der Waals surface area contributed by atoms with Gasteiger partial charge in [0.2, 0.25) is 0 Å². The van der Waals surface area contributed by atoms with Crippen molar-refractivity contribution in [3.8, 4) is 5.75 Å². The first kappa shape index (κ1) is 15.4. The molecule has 0 aliphatic carbocycles. The third-order valence-corrected chi connectivity index (χ3v) is 3.24. The zero-order valence-corrected chi connectivity index (χ0v) is 13.1. The molecule has 0 atom stereocenters. The van der Waals surface area contributed by atoms with Gasteiger partial charge in [0.1, 0.15) is 5.75 Å². The van der Waals surface area contributed by atoms with E-state index in [9.17, 15) is 4.79 Å². The van der Waals surface area contributed by atoms with Crippen molar-refractivity contribution in [1.29, 1.82) is 0 Å². The molecule has 0 aliphatic heterocycles. The van der Waals surface area contributed by atoms with E-state index in [1.165, 1.54) is 0 Å². The molecule has 4 heteroatoms. The highest BCUT2D eigenvalue weighted by molar-refractivity contribution is 7.80. The maximum absolute atomic E-state index is 12.2. The van der Waals surface area contributed by atoms with Crippen LogP contribution in [0.25, 0.3) is 0 Å². The minimum absolute atomic E-state index is 0.160. The molecule has 0 saturated heterocycles. The minimum atomic E-state index is -0.160. The van der Waals surface area contributed by atoms with E-state index in [2.05, 4.69) is 31.8 Å². The standard InChI is InChI=1S/C17H19NO2S/c1-12(2)11-20-14-9-7-13(8-10-14)17(19)18-15-5-3-4-6-16(15)21/h3-10,12,21H,11H2,1-2H3,(H,18,19). The van der Waals surface area contributed by atoms with Gasteiger partial charge in [0, 0.05) is 10.5 Å². The van der Waals surface area contributed by atoms with Crippen LogP contribution in [0.15, 0.2) is 53.4 Å². The van der Waals surface area contributed by atoms with Crippen molar-refractivity contribution in [3.05, 3.63) is 54.1 Å². The second-order valence-electron chi connectivity index (χ2n) is 5.20. The van der Waals surface area contributed by atoms with E-state index in [1.54, 1.807) is 12.1 Å². The Bertz CT molecular complexity index is 608. The van der Waals surface area contributed by atoms with Crippen LogP contribution in [0.1, 0.15) is 24.2 Å². The summed E-state index contributed by atoms with van der Waals surface area (Å²) in [4.78, 5) is 12.9. The second-order valence-corrected chi connectivity index (χ2v) is 5.68. The van der Waals surface area contributed by atoms with Crippen LogP contribution >= 0.6 is 12.6 Å². The molecule has 2 rings (SSSR count). The largest absolute Gasteiger partial charge is 0.493 e. The number of hydrogen-bond acceptors (Lipinski definition) is 3. The van der Waals surface area contributed by atoms with E-state index in [0.717, 1.165) is 10.6 Å². The first-order valence-corrected chi connectivity index (χ1v) is 7.33. The summed E-state index contributed by atoms with van der Waals surface area (Å²) in [6.45, 7) is 4.85. The highest BCUT2D eigenvalue weighted by Gasteiger charge is 2.08. The molecule has 3 nitrogen and oxygen atoms in total. The molecule has 0 unspecified atom stereocenters. The Morgan fingerprint density at radius 1 is 1.14 bits per heavy atom. The Morgan fingerprint density at radius 3 is 2.43 bits per heavy atom. The lowest BCUT2D eigenvalue weighted by atomic mass is 10.2. The molecule has 1 amide bonds. The zero-order chi connectivity index (χ0) is 15.2. The summed E-state index contributed by atoms with van der Waals surface area (Å²) in [5.74, 6) is 1.08. The summed E-state index contributed by atoms with van der Waals surface area (Å²) in [7, 11) is 0. The number of carbonyl (C=O) groups is 1. The highest BCUT2D eigenvalue weighted by atomic mass is 32.1. The Kier molecular flexibility index (Phi) is 5.28. The number of anilines is 1. The van der Waals surface area contributed by atoms with Gasteiger partial charge < -0.3 is 10.1 Å². The molecule has 0 bridgehead atoms. The predicted molar refractivity (Wildman–Crippen MR) is 88.4 cm³/mol. The summed E-state index contributed by atoms with van der Waals surface area (Å²) in [6, 6.07) is 14.5. The van der Waals surface area contributed by atoms with Gasteiger partial charge in [-0.1, -0.05) is 26.0 Å². The SMILES string of the molecule is CC(C)COc1ccc(C(=O)Nc2ccccc2S)cc1. The molecule has 0 aliphatic rings. The van der Waals surface area contributed by atoms with Crippen LogP contribution in [-0.4, -0.2) is 12.5 Å². The fourth-order valence-corrected chi connectivity index (χ4v) is 1.96. The number of nitrogens with one attached hydrogen (secondary N) is 1. The zero-order valence-electron chi connectivity index (χ0n) is 12.2. The van der Waals surface area contributed by atoms with Gasteiger partial charge in [-0.2, -0.15) is 0 Å². The first-order valence-electron chi connectivity index (χ1n) is 6.88. The summed E-state index contributed by atoms with van der Waals surface area (Å²) in [6.07, 6.45) is 0. The molecule has 0 fully saturated rings. The van der Waals surface area contributed by atoms with Gasteiger partial charge >= 0.3 is 0 Å². The maximum Gasteiger partial charge on any atom is 0.255 e. The van der Waals surface area contributed by atoms with Gasteiger partial charge in [0.15, 0.2) is 0 Å². The Balaban J connectivity index is 2.01. The van der Waals surface area contributed by atoms with E-state index in [-0.39, 0.29) is 5.91 Å². The number of amides is 1. The Labute approximate surface area is 130 Å². The van der Waals surface area contributed by atoms with Gasteiger partial charge in [-0.3, -0.25) is 4.79 Å². The maximum atomic E-state index is 12.2. The van der Waals surface area contributed by atoms with Crippen molar-refractivity contribution >= 4 is 24.2 Å². The Hall–Kier alpha value is -1.94. The van der Waals surface area contributed by atoms with Crippen molar-refractivity contribution in [1.82, 2.24) is 0 Å². The van der Waals surface area contributed by atoms with E-state index in [0.29, 0.717) is 23.8 Å². The number of ether oxygens (including phenoxy) is 1. The van der Waals surface area contributed by atoms with E-state index in [4.69, 9.17) is 4.74 Å². The van der Waals surface area contributed by atoms with Crippen molar-refractivity contribution in [2.24, 2.45) is 5.92 Å². The van der Waals surface area contributed by atoms with Gasteiger partial charge in [0.25, 0.3) is 5.91 Å². The van der Waals surface area contributed by atoms with Crippen LogP contribution in [0.3, 0.4) is 0 Å². The quantitative estimate of drug-likeness (QED) is 0.810. The molecule has 0 radical (unpaired) electrons. The van der Waals surface area contributed by atoms with Gasteiger partial charge in [-0.05, 0) is 42.3 Å². The summed E-state index contributed by atoms with van der Waals surface area (Å²) in [5.41, 5.74) is 1.29. The Morgan fingerprint density at radius 2 is 1.81 bits per heavy atom. The fraction of sp³-hybridized carbons (Fsp3) is 0.235. The first-order chi connectivity index (χ1) is 10.1. The molecule has 0 aromatic heterocycles. The number of benzene rings is 2. The topological polar surface area (TPSA) is 38.3 Å². The van der Waals surface area contributed by atoms with Crippen molar-refractivity contribution < 1.29 is 9.53 Å². The lowest BCUT2D eigenvalue weighted by Gasteiger charge is -2.10. The van der Waals surface area contributed by atoms with Crippen molar-refractivity contribution in [3.63, 3.8) is 0 Å². The molecule has 0 saturated carbocycles. The molecular weight excluding hydrogens is 282 g/mol. The molecule has 0 spiro atoms. The van der Waals surface area contributed by atoms with Crippen molar-refractivity contribution in [2.45, 2.75) is 18.7 Å². The van der Waals surface area contributed by atoms with Crippen LogP contribution in [0.4, 0.5) is 5.69 Å². The van der Waals surface area contributed by atoms with Crippen LogP contribution in [0, 0.1) is 5.92 Å². The van der Waals surface area contributed by atoms with Crippen molar-refractivity contribution in [2.75, 3.05) is 11.9 Å². The van der Waals surface area contributed by atoms with Gasteiger partial charge in [-0.15, -0.1) is 12.6 Å². The van der Waals surface area contributed by atoms with E-state index < -0.39 is 0 Å². The number of hydrogen-bond donors (Lipinski definition) is 2. The lowest BCUT2D eigenvalue weighted by molar-refractivity contribution is 0.102. The number of para-hydroxylation sites is 1. The molecule has 1 N–H and O–H groups in total.